The Labute approximate surface area is 138 Å². The van der Waals surface area contributed by atoms with Gasteiger partial charge in [0.15, 0.2) is 5.58 Å². The Bertz CT molecular complexity index is 975. The van der Waals surface area contributed by atoms with Crippen LogP contribution in [0.15, 0.2) is 58.0 Å². The van der Waals surface area contributed by atoms with Crippen LogP contribution in [-0.4, -0.2) is 16.6 Å². The molecule has 1 aliphatic carbocycles. The second kappa shape index (κ2) is 5.03. The lowest BCUT2D eigenvalue weighted by Gasteiger charge is -2.38. The summed E-state index contributed by atoms with van der Waals surface area (Å²) in [5, 5.41) is 4.29. The zero-order valence-electron chi connectivity index (χ0n) is 12.9. The maximum Gasteiger partial charge on any atom is 0.243 e. The lowest BCUT2D eigenvalue weighted by atomic mass is 9.68. The van der Waals surface area contributed by atoms with Crippen LogP contribution in [0.5, 0.6) is 0 Å². The molecular formula is C19H15N3O2. The minimum absolute atomic E-state index is 0.0436. The first-order valence-corrected chi connectivity index (χ1v) is 8.13. The van der Waals surface area contributed by atoms with E-state index in [2.05, 4.69) is 15.5 Å². The van der Waals surface area contributed by atoms with Gasteiger partial charge in [0.05, 0.1) is 5.71 Å². The van der Waals surface area contributed by atoms with Crippen molar-refractivity contribution in [3.05, 3.63) is 54.1 Å². The van der Waals surface area contributed by atoms with Crippen molar-refractivity contribution in [3.63, 3.8) is 0 Å². The predicted molar refractivity (Wildman–Crippen MR) is 90.3 cm³/mol. The third-order valence-corrected chi connectivity index (χ3v) is 4.95. The number of oxazole rings is 1. The maximum absolute atomic E-state index is 11.8. The van der Waals surface area contributed by atoms with Crippen LogP contribution < -0.4 is 5.43 Å². The number of benzene rings is 2. The maximum atomic E-state index is 11.8. The van der Waals surface area contributed by atoms with Crippen LogP contribution in [0.2, 0.25) is 0 Å². The van der Waals surface area contributed by atoms with Crippen LogP contribution in [0.4, 0.5) is 0 Å². The highest BCUT2D eigenvalue weighted by Crippen LogP contribution is 2.39. The third-order valence-electron chi connectivity index (χ3n) is 4.95. The van der Waals surface area contributed by atoms with Crippen molar-refractivity contribution >= 4 is 22.7 Å². The second-order valence-corrected chi connectivity index (χ2v) is 6.33. The topological polar surface area (TPSA) is 67.5 Å². The number of amides is 1. The molecule has 5 heteroatoms. The molecule has 2 aromatic carbocycles. The second-order valence-electron chi connectivity index (χ2n) is 6.33. The Kier molecular flexibility index (Phi) is 2.82. The Morgan fingerprint density at radius 2 is 1.83 bits per heavy atom. The van der Waals surface area contributed by atoms with Crippen LogP contribution in [-0.2, 0) is 4.79 Å². The van der Waals surface area contributed by atoms with Crippen LogP contribution >= 0.6 is 0 Å². The molecule has 1 saturated carbocycles. The van der Waals surface area contributed by atoms with Gasteiger partial charge in [0.2, 0.25) is 11.8 Å². The number of nitrogens with one attached hydrogen (secondary N) is 1. The molecule has 0 radical (unpaired) electrons. The molecule has 0 saturated heterocycles. The molecule has 3 aromatic rings. The highest BCUT2D eigenvalue weighted by Gasteiger charge is 2.42. The first-order chi connectivity index (χ1) is 11.8. The first kappa shape index (κ1) is 13.5. The number of hydrogen-bond acceptors (Lipinski definition) is 4. The van der Waals surface area contributed by atoms with Crippen molar-refractivity contribution < 1.29 is 9.21 Å². The Morgan fingerprint density at radius 3 is 2.62 bits per heavy atom. The van der Waals surface area contributed by atoms with Gasteiger partial charge in [0, 0.05) is 23.0 Å². The first-order valence-electron chi connectivity index (χ1n) is 8.13. The molecule has 1 N–H and O–H groups in total. The summed E-state index contributed by atoms with van der Waals surface area (Å²) in [6.45, 7) is 0. The van der Waals surface area contributed by atoms with E-state index in [4.69, 9.17) is 4.42 Å². The van der Waals surface area contributed by atoms with Gasteiger partial charge in [-0.15, -0.1) is 0 Å². The van der Waals surface area contributed by atoms with Crippen molar-refractivity contribution in [1.29, 1.82) is 0 Å². The summed E-state index contributed by atoms with van der Waals surface area (Å²) in [6, 6.07) is 15.8. The summed E-state index contributed by atoms with van der Waals surface area (Å²) in [7, 11) is 0. The molecule has 2 heterocycles. The molecular weight excluding hydrogens is 302 g/mol. The van der Waals surface area contributed by atoms with Crippen LogP contribution in [0.3, 0.4) is 0 Å². The molecule has 0 bridgehead atoms. The fourth-order valence-corrected chi connectivity index (χ4v) is 3.49. The quantitative estimate of drug-likeness (QED) is 0.788. The van der Waals surface area contributed by atoms with Crippen LogP contribution in [0, 0.1) is 11.8 Å². The largest absolute Gasteiger partial charge is 0.436 e. The SMILES string of the molecule is O=C1NN=C(c2ccc3nc(-c4ccccc4)oc3c2)C2CCC12. The van der Waals surface area contributed by atoms with Crippen molar-refractivity contribution in [2.45, 2.75) is 12.8 Å². The minimum Gasteiger partial charge on any atom is -0.436 e. The van der Waals surface area contributed by atoms with E-state index < -0.39 is 0 Å². The van der Waals surface area contributed by atoms with E-state index in [9.17, 15) is 4.79 Å². The highest BCUT2D eigenvalue weighted by atomic mass is 16.3. The summed E-state index contributed by atoms with van der Waals surface area (Å²) in [5.41, 5.74) is 7.10. The zero-order chi connectivity index (χ0) is 16.1. The van der Waals surface area contributed by atoms with Crippen molar-refractivity contribution in [3.8, 4) is 11.5 Å². The molecule has 1 aromatic heterocycles. The lowest BCUT2D eigenvalue weighted by Crippen LogP contribution is -2.47. The molecule has 2 aliphatic rings. The summed E-state index contributed by atoms with van der Waals surface area (Å²) < 4.78 is 5.93. The minimum atomic E-state index is 0.0436. The Hall–Kier alpha value is -2.95. The van der Waals surface area contributed by atoms with Gasteiger partial charge >= 0.3 is 0 Å². The van der Waals surface area contributed by atoms with E-state index in [0.717, 1.165) is 40.8 Å². The number of aromatic nitrogens is 1. The molecule has 1 amide bonds. The van der Waals surface area contributed by atoms with Crippen LogP contribution in [0.25, 0.3) is 22.6 Å². The van der Waals surface area contributed by atoms with Gasteiger partial charge in [-0.25, -0.2) is 10.4 Å². The number of hydrazone groups is 1. The molecule has 24 heavy (non-hydrogen) atoms. The molecule has 118 valence electrons. The van der Waals surface area contributed by atoms with Gasteiger partial charge in [0.1, 0.15) is 5.52 Å². The third kappa shape index (κ3) is 1.98. The molecule has 0 spiro atoms. The van der Waals surface area contributed by atoms with Crippen molar-refractivity contribution in [1.82, 2.24) is 10.4 Å². The van der Waals surface area contributed by atoms with Gasteiger partial charge in [-0.05, 0) is 37.1 Å². The summed E-state index contributed by atoms with van der Waals surface area (Å²) in [5.74, 6) is 0.959. The molecule has 2 unspecified atom stereocenters. The molecule has 5 nitrogen and oxygen atoms in total. The van der Waals surface area contributed by atoms with E-state index >= 15 is 0 Å². The average Bonchev–Trinajstić information content (AvgIpc) is 3.00. The summed E-state index contributed by atoms with van der Waals surface area (Å²) in [4.78, 5) is 16.3. The van der Waals surface area contributed by atoms with E-state index in [1.807, 2.05) is 48.5 Å². The van der Waals surface area contributed by atoms with Crippen molar-refractivity contribution in [2.24, 2.45) is 16.9 Å². The fourth-order valence-electron chi connectivity index (χ4n) is 3.49. The monoisotopic (exact) mass is 317 g/mol. The van der Waals surface area contributed by atoms with Crippen LogP contribution in [0.1, 0.15) is 18.4 Å². The number of carbonyl (C=O) groups excluding carboxylic acids is 1. The molecule has 5 rings (SSSR count). The zero-order valence-corrected chi connectivity index (χ0v) is 12.9. The van der Waals surface area contributed by atoms with Gasteiger partial charge < -0.3 is 4.42 Å². The standard InChI is InChI=1S/C19H15N3O2/c23-18-14-8-7-13(14)17(21-22-18)12-6-9-15-16(10-12)24-19(20-15)11-4-2-1-3-5-11/h1-6,9-10,13-14H,7-8H2,(H,22,23). The Morgan fingerprint density at radius 1 is 1.00 bits per heavy atom. The van der Waals surface area contributed by atoms with Gasteiger partial charge in [-0.3, -0.25) is 4.79 Å². The fraction of sp³-hybridized carbons (Fsp3) is 0.211. The average molecular weight is 317 g/mol. The van der Waals surface area contributed by atoms with Gasteiger partial charge in [-0.1, -0.05) is 24.3 Å². The molecule has 1 aliphatic heterocycles. The van der Waals surface area contributed by atoms with Gasteiger partial charge in [-0.2, -0.15) is 5.10 Å². The summed E-state index contributed by atoms with van der Waals surface area (Å²) in [6.07, 6.45) is 1.96. The van der Waals surface area contributed by atoms with E-state index in [1.165, 1.54) is 0 Å². The highest BCUT2D eigenvalue weighted by molar-refractivity contribution is 6.08. The predicted octanol–water partition coefficient (Wildman–Crippen LogP) is 3.35. The summed E-state index contributed by atoms with van der Waals surface area (Å²) >= 11 is 0. The smallest absolute Gasteiger partial charge is 0.243 e. The van der Waals surface area contributed by atoms with E-state index in [-0.39, 0.29) is 17.7 Å². The van der Waals surface area contributed by atoms with Crippen molar-refractivity contribution in [2.75, 3.05) is 0 Å². The number of nitrogens with zero attached hydrogens (tertiary/aromatic N) is 2. The normalized spacial score (nSPS) is 22.5. The van der Waals surface area contributed by atoms with Gasteiger partial charge in [0.25, 0.3) is 0 Å². The van der Waals surface area contributed by atoms with E-state index in [0.29, 0.717) is 5.89 Å². The molecule has 1 fully saturated rings. The lowest BCUT2D eigenvalue weighted by molar-refractivity contribution is -0.129. The number of carbonyl (C=O) groups is 1. The number of hydrogen-bond donors (Lipinski definition) is 1. The van der Waals surface area contributed by atoms with E-state index in [1.54, 1.807) is 0 Å². The molecule has 2 atom stereocenters. The number of rotatable bonds is 2. The Balaban J connectivity index is 1.56. The number of fused-ring (bicyclic) bond motifs is 2.